The fourth-order valence-electron chi connectivity index (χ4n) is 1.95. The van der Waals surface area contributed by atoms with Gasteiger partial charge in [0.2, 0.25) is 0 Å². The van der Waals surface area contributed by atoms with E-state index in [-0.39, 0.29) is 6.42 Å². The van der Waals surface area contributed by atoms with Crippen molar-refractivity contribution < 1.29 is 14.6 Å². The van der Waals surface area contributed by atoms with Crippen LogP contribution in [-0.4, -0.2) is 42.8 Å². The minimum Gasteiger partial charge on any atom is -0.481 e. The molecule has 1 N–H and O–H groups in total. The molecule has 0 heterocycles. The molecule has 0 spiro atoms. The van der Waals surface area contributed by atoms with Crippen LogP contribution in [0.5, 0.6) is 0 Å². The summed E-state index contributed by atoms with van der Waals surface area (Å²) in [6.45, 7) is 3.07. The lowest BCUT2D eigenvalue weighted by atomic mass is 10.2. The fourth-order valence-corrected chi connectivity index (χ4v) is 1.95. The molecule has 1 rings (SSSR count). The molecule has 4 nitrogen and oxygen atoms in total. The molecule has 0 aromatic heterocycles. The number of aliphatic carboxylic acids is 1. The lowest BCUT2D eigenvalue weighted by Gasteiger charge is -2.21. The van der Waals surface area contributed by atoms with Crippen LogP contribution >= 0.6 is 0 Å². The molecule has 0 fully saturated rings. The molecule has 0 bridgehead atoms. The summed E-state index contributed by atoms with van der Waals surface area (Å²) in [4.78, 5) is 12.9. The molecule has 4 heteroatoms. The monoisotopic (exact) mass is 265 g/mol. The van der Waals surface area contributed by atoms with Gasteiger partial charge in [0.05, 0.1) is 6.42 Å². The fraction of sp³-hybridized carbons (Fsp3) is 0.533. The number of ether oxygens (including phenoxy) is 1. The van der Waals surface area contributed by atoms with Crippen LogP contribution in [0.15, 0.2) is 30.3 Å². The maximum Gasteiger partial charge on any atom is 0.304 e. The summed E-state index contributed by atoms with van der Waals surface area (Å²) in [7, 11) is 1.70. The van der Waals surface area contributed by atoms with E-state index in [4.69, 9.17) is 9.84 Å². The normalized spacial score (nSPS) is 10.8. The van der Waals surface area contributed by atoms with Crippen molar-refractivity contribution in [2.45, 2.75) is 25.8 Å². The first-order valence-electron chi connectivity index (χ1n) is 6.69. The van der Waals surface area contributed by atoms with Gasteiger partial charge in [0, 0.05) is 26.8 Å². The van der Waals surface area contributed by atoms with Crippen LogP contribution < -0.4 is 0 Å². The Hall–Kier alpha value is -1.39. The molecule has 1 aromatic rings. The highest BCUT2D eigenvalue weighted by Crippen LogP contribution is 2.07. The third-order valence-corrected chi connectivity index (χ3v) is 2.96. The van der Waals surface area contributed by atoms with E-state index in [9.17, 15) is 4.79 Å². The first kappa shape index (κ1) is 15.7. The average molecular weight is 265 g/mol. The second kappa shape index (κ2) is 9.53. The summed E-state index contributed by atoms with van der Waals surface area (Å²) in [5, 5.41) is 8.79. The van der Waals surface area contributed by atoms with E-state index in [1.54, 1.807) is 7.11 Å². The molecular weight excluding hydrogens is 242 g/mol. The highest BCUT2D eigenvalue weighted by Gasteiger charge is 2.08. The Morgan fingerprint density at radius 1 is 1.21 bits per heavy atom. The van der Waals surface area contributed by atoms with E-state index < -0.39 is 5.97 Å². The minimum atomic E-state index is -0.741. The van der Waals surface area contributed by atoms with E-state index in [0.717, 1.165) is 32.5 Å². The van der Waals surface area contributed by atoms with Gasteiger partial charge in [-0.15, -0.1) is 0 Å². The molecule has 0 amide bonds. The van der Waals surface area contributed by atoms with Crippen molar-refractivity contribution in [1.82, 2.24) is 4.90 Å². The number of carboxylic acid groups (broad SMARTS) is 1. The maximum absolute atomic E-state index is 10.7. The van der Waals surface area contributed by atoms with Gasteiger partial charge in [-0.2, -0.15) is 0 Å². The average Bonchev–Trinajstić information content (AvgIpc) is 2.41. The molecule has 106 valence electrons. The van der Waals surface area contributed by atoms with Gasteiger partial charge in [-0.1, -0.05) is 30.3 Å². The Morgan fingerprint density at radius 3 is 2.58 bits per heavy atom. The summed E-state index contributed by atoms with van der Waals surface area (Å²) in [5.41, 5.74) is 1.22. The molecule has 0 atom stereocenters. The summed E-state index contributed by atoms with van der Waals surface area (Å²) in [6.07, 6.45) is 2.23. The third kappa shape index (κ3) is 7.59. The van der Waals surface area contributed by atoms with Crippen LogP contribution in [0.3, 0.4) is 0 Å². The maximum atomic E-state index is 10.7. The number of hydrogen-bond donors (Lipinski definition) is 1. The number of rotatable bonds is 10. The smallest absolute Gasteiger partial charge is 0.304 e. The first-order valence-corrected chi connectivity index (χ1v) is 6.69. The Labute approximate surface area is 115 Å². The summed E-state index contributed by atoms with van der Waals surface area (Å²) in [6, 6.07) is 10.2. The van der Waals surface area contributed by atoms with Gasteiger partial charge in [-0.25, -0.2) is 0 Å². The predicted molar refractivity (Wildman–Crippen MR) is 75.1 cm³/mol. The van der Waals surface area contributed by atoms with Gasteiger partial charge in [-0.05, 0) is 24.9 Å². The molecular formula is C15H23NO3. The van der Waals surface area contributed by atoms with Crippen LogP contribution in [0.2, 0.25) is 0 Å². The van der Waals surface area contributed by atoms with Crippen LogP contribution in [0.1, 0.15) is 24.8 Å². The number of hydrogen-bond acceptors (Lipinski definition) is 3. The molecule has 0 aliphatic heterocycles. The Balaban J connectivity index is 2.41. The van der Waals surface area contributed by atoms with Crippen molar-refractivity contribution >= 4 is 5.97 Å². The van der Waals surface area contributed by atoms with Crippen molar-refractivity contribution in [1.29, 1.82) is 0 Å². The Bertz CT molecular complexity index is 354. The van der Waals surface area contributed by atoms with Gasteiger partial charge in [0.25, 0.3) is 0 Å². The highest BCUT2D eigenvalue weighted by molar-refractivity contribution is 5.66. The van der Waals surface area contributed by atoms with Gasteiger partial charge < -0.3 is 9.84 Å². The van der Waals surface area contributed by atoms with Gasteiger partial charge in [-0.3, -0.25) is 9.69 Å². The number of carbonyl (C=O) groups is 1. The molecule has 0 radical (unpaired) electrons. The lowest BCUT2D eigenvalue weighted by Crippen LogP contribution is -2.27. The Kier molecular flexibility index (Phi) is 7.86. The molecule has 0 saturated carbocycles. The zero-order chi connectivity index (χ0) is 13.9. The largest absolute Gasteiger partial charge is 0.481 e. The second-order valence-corrected chi connectivity index (χ2v) is 4.61. The zero-order valence-corrected chi connectivity index (χ0v) is 11.5. The van der Waals surface area contributed by atoms with E-state index >= 15 is 0 Å². The van der Waals surface area contributed by atoms with Crippen molar-refractivity contribution in [3.8, 4) is 0 Å². The molecule has 0 aliphatic carbocycles. The van der Waals surface area contributed by atoms with E-state index in [2.05, 4.69) is 17.0 Å². The van der Waals surface area contributed by atoms with Crippen molar-refractivity contribution in [3.05, 3.63) is 35.9 Å². The lowest BCUT2D eigenvalue weighted by molar-refractivity contribution is -0.137. The zero-order valence-electron chi connectivity index (χ0n) is 11.5. The second-order valence-electron chi connectivity index (χ2n) is 4.61. The van der Waals surface area contributed by atoms with Gasteiger partial charge >= 0.3 is 5.97 Å². The highest BCUT2D eigenvalue weighted by atomic mass is 16.5. The molecule has 0 unspecified atom stereocenters. The number of methoxy groups -OCH3 is 1. The van der Waals surface area contributed by atoms with Crippen LogP contribution in [-0.2, 0) is 16.1 Å². The molecule has 19 heavy (non-hydrogen) atoms. The van der Waals surface area contributed by atoms with Gasteiger partial charge in [0.1, 0.15) is 0 Å². The van der Waals surface area contributed by atoms with E-state index in [1.807, 2.05) is 18.2 Å². The number of unbranched alkanes of at least 4 members (excludes halogenated alkanes) is 1. The SMILES string of the molecule is COCCCCN(CCC(=O)O)Cc1ccccc1. The summed E-state index contributed by atoms with van der Waals surface area (Å²) < 4.78 is 5.03. The number of carboxylic acids is 1. The topological polar surface area (TPSA) is 49.8 Å². The van der Waals surface area contributed by atoms with Crippen molar-refractivity contribution in [3.63, 3.8) is 0 Å². The molecule has 1 aromatic carbocycles. The molecule has 0 saturated heterocycles. The van der Waals surface area contributed by atoms with E-state index in [1.165, 1.54) is 5.56 Å². The van der Waals surface area contributed by atoms with Crippen LogP contribution in [0.4, 0.5) is 0 Å². The van der Waals surface area contributed by atoms with Crippen molar-refractivity contribution in [2.24, 2.45) is 0 Å². The van der Waals surface area contributed by atoms with Crippen molar-refractivity contribution in [2.75, 3.05) is 26.8 Å². The van der Waals surface area contributed by atoms with Gasteiger partial charge in [0.15, 0.2) is 0 Å². The standard InChI is InChI=1S/C15H23NO3/c1-19-12-6-5-10-16(11-9-15(17)18)13-14-7-3-2-4-8-14/h2-4,7-8H,5-6,9-13H2,1H3,(H,17,18). The third-order valence-electron chi connectivity index (χ3n) is 2.96. The molecule has 0 aliphatic rings. The van der Waals surface area contributed by atoms with Crippen LogP contribution in [0.25, 0.3) is 0 Å². The van der Waals surface area contributed by atoms with Crippen LogP contribution in [0, 0.1) is 0 Å². The first-order chi connectivity index (χ1) is 9.22. The minimum absolute atomic E-state index is 0.192. The predicted octanol–water partition coefficient (Wildman–Crippen LogP) is 2.39. The number of benzene rings is 1. The Morgan fingerprint density at radius 2 is 1.95 bits per heavy atom. The quantitative estimate of drug-likeness (QED) is 0.660. The van der Waals surface area contributed by atoms with E-state index in [0.29, 0.717) is 6.54 Å². The summed E-state index contributed by atoms with van der Waals surface area (Å²) in [5.74, 6) is -0.741. The number of nitrogens with zero attached hydrogens (tertiary/aromatic N) is 1. The summed E-state index contributed by atoms with van der Waals surface area (Å²) >= 11 is 0.